The molecule has 0 aliphatic rings. The molecule has 0 bridgehead atoms. The summed E-state index contributed by atoms with van der Waals surface area (Å²) in [7, 11) is 0. The summed E-state index contributed by atoms with van der Waals surface area (Å²) in [5.41, 5.74) is 19.1. The summed E-state index contributed by atoms with van der Waals surface area (Å²) in [5.74, 6) is 0. The summed E-state index contributed by atoms with van der Waals surface area (Å²) in [4.78, 5) is 4.68. The fraction of sp³-hybridized carbons (Fsp3) is 0.151. The molecule has 0 saturated heterocycles. The zero-order valence-corrected chi connectivity index (χ0v) is 45.9. The fourth-order valence-electron chi connectivity index (χ4n) is 12.4. The summed E-state index contributed by atoms with van der Waals surface area (Å²) in [6, 6.07) is 68.4. The molecule has 0 aliphatic heterocycles. The lowest BCUT2D eigenvalue weighted by Gasteiger charge is -2.26. The largest absolute Gasteiger partial charge is 0.456 e. The average molecular weight is 1030 g/mol. The predicted molar refractivity (Wildman–Crippen MR) is 332 cm³/mol. The van der Waals surface area contributed by atoms with Gasteiger partial charge in [-0.2, -0.15) is 0 Å². The first-order chi connectivity index (χ1) is 38.1. The van der Waals surface area contributed by atoms with Gasteiger partial charge in [-0.05, 0) is 168 Å². The van der Waals surface area contributed by atoms with E-state index in [-0.39, 0.29) is 10.8 Å². The van der Waals surface area contributed by atoms with Crippen LogP contribution < -0.4 is 9.80 Å². The quantitative estimate of drug-likeness (QED) is 0.165. The van der Waals surface area contributed by atoms with E-state index in [9.17, 15) is 0 Å². The van der Waals surface area contributed by atoms with E-state index < -0.39 is 0 Å². The Labute approximate surface area is 457 Å². The van der Waals surface area contributed by atoms with Gasteiger partial charge in [0.1, 0.15) is 44.7 Å². The Bertz CT molecular complexity index is 4700. The molecule has 6 heteroatoms. The van der Waals surface area contributed by atoms with Crippen LogP contribution in [0.3, 0.4) is 0 Å². The van der Waals surface area contributed by atoms with Crippen molar-refractivity contribution in [3.8, 4) is 0 Å². The molecule has 15 aromatic rings. The van der Waals surface area contributed by atoms with Crippen molar-refractivity contribution in [3.05, 3.63) is 216 Å². The third-order valence-electron chi connectivity index (χ3n) is 16.5. The van der Waals surface area contributed by atoms with Crippen LogP contribution in [0.15, 0.2) is 206 Å². The van der Waals surface area contributed by atoms with Crippen LogP contribution >= 0.6 is 0 Å². The number of hydrogen-bond donors (Lipinski definition) is 0. The molecule has 0 spiro atoms. The van der Waals surface area contributed by atoms with Crippen LogP contribution in [0.5, 0.6) is 0 Å². The van der Waals surface area contributed by atoms with Gasteiger partial charge in [0, 0.05) is 93.9 Å². The summed E-state index contributed by atoms with van der Waals surface area (Å²) < 4.78 is 26.9. The first-order valence-electron chi connectivity index (χ1n) is 27.4. The van der Waals surface area contributed by atoms with E-state index in [0.29, 0.717) is 0 Å². The molecule has 0 atom stereocenters. The monoisotopic (exact) mass is 1030 g/mol. The number of nitrogens with zero attached hydrogens (tertiary/aromatic N) is 2. The molecule has 0 fully saturated rings. The first kappa shape index (κ1) is 47.0. The minimum Gasteiger partial charge on any atom is -0.456 e. The SMILES string of the molecule is Cc1ccc(N(c2ccc3cc4c(cc3c2)oc2c(C)c3oc5cc6cc(N(c7ccc(C)cc7)c7ccc8oc9c(C(C)(C)C)cccc9c8c7)ccc6cc5c3cc24)c2ccc3oc4c(C(C)(C)C)cccc4c3c2)cc1. The predicted octanol–water partition coefficient (Wildman–Crippen LogP) is 22.1. The topological polar surface area (TPSA) is 59.0 Å². The van der Waals surface area contributed by atoms with Crippen molar-refractivity contribution < 1.29 is 17.7 Å². The standard InChI is InChI=1S/C73H58N2O4/c1-41-16-22-48(23-17-41)74(52-28-30-64-58(38-52)54-12-10-14-62(70(54)76-64)72(4,5)6)50-26-20-44-34-56-60-40-61-57-35-45-21-27-51(33-47(45)37-67(57)79-69(61)43(3)68(60)78-66(56)36-46(44)32-50)75(49-24-18-42(2)19-25-49)53-29-31-65-59(39-53)55-13-11-15-63(71(55)77-65)73(7,8)9/h10-40H,1-9H3. The number of fused-ring (bicyclic) bond motifs is 14. The van der Waals surface area contributed by atoms with E-state index in [4.69, 9.17) is 17.7 Å². The third-order valence-corrected chi connectivity index (χ3v) is 16.5. The summed E-state index contributed by atoms with van der Waals surface area (Å²) in [5, 5.41) is 13.2. The lowest BCUT2D eigenvalue weighted by molar-refractivity contribution is 0.572. The van der Waals surface area contributed by atoms with Crippen LogP contribution in [-0.2, 0) is 10.8 Å². The van der Waals surface area contributed by atoms with E-state index in [1.165, 1.54) is 22.3 Å². The highest BCUT2D eigenvalue weighted by Gasteiger charge is 2.25. The number of hydrogen-bond acceptors (Lipinski definition) is 6. The Balaban J connectivity index is 0.820. The Hall–Kier alpha value is -9.26. The molecule has 0 amide bonds. The van der Waals surface area contributed by atoms with Gasteiger partial charge in [0.25, 0.3) is 0 Å². The molecule has 0 saturated carbocycles. The number of para-hydroxylation sites is 2. The third kappa shape index (κ3) is 7.45. The van der Waals surface area contributed by atoms with Crippen LogP contribution in [0.1, 0.15) is 69.4 Å². The number of aryl methyl sites for hydroxylation is 3. The second kappa shape index (κ2) is 16.9. The van der Waals surface area contributed by atoms with Gasteiger partial charge in [0.15, 0.2) is 0 Å². The van der Waals surface area contributed by atoms with Crippen LogP contribution in [0.25, 0.3) is 109 Å². The van der Waals surface area contributed by atoms with Gasteiger partial charge in [-0.1, -0.05) is 125 Å². The zero-order chi connectivity index (χ0) is 53.8. The van der Waals surface area contributed by atoms with Crippen molar-refractivity contribution in [3.63, 3.8) is 0 Å². The molecular weight excluding hydrogens is 969 g/mol. The summed E-state index contributed by atoms with van der Waals surface area (Å²) in [6.07, 6.45) is 0. The first-order valence-corrected chi connectivity index (χ1v) is 27.4. The van der Waals surface area contributed by atoms with Crippen molar-refractivity contribution in [2.24, 2.45) is 0 Å². The van der Waals surface area contributed by atoms with Crippen molar-refractivity contribution in [2.75, 3.05) is 9.80 Å². The Morgan fingerprint density at radius 2 is 0.646 bits per heavy atom. The molecule has 0 unspecified atom stereocenters. The number of anilines is 6. The summed E-state index contributed by atoms with van der Waals surface area (Å²) in [6.45, 7) is 19.8. The lowest BCUT2D eigenvalue weighted by Crippen LogP contribution is -2.11. The Morgan fingerprint density at radius 1 is 0.278 bits per heavy atom. The van der Waals surface area contributed by atoms with E-state index in [1.807, 2.05) is 0 Å². The minimum absolute atomic E-state index is 0.0548. The smallest absolute Gasteiger partial charge is 0.142 e. The van der Waals surface area contributed by atoms with Crippen molar-refractivity contribution >= 4 is 143 Å². The van der Waals surface area contributed by atoms with Crippen LogP contribution in [-0.4, -0.2) is 0 Å². The highest BCUT2D eigenvalue weighted by molar-refractivity contribution is 6.20. The Kier molecular flexibility index (Phi) is 10.0. The molecule has 4 heterocycles. The van der Waals surface area contributed by atoms with Gasteiger partial charge in [-0.15, -0.1) is 0 Å². The van der Waals surface area contributed by atoms with E-state index in [2.05, 4.69) is 260 Å². The molecule has 0 N–H and O–H groups in total. The second-order valence-electron chi connectivity index (χ2n) is 24.0. The minimum atomic E-state index is -0.0548. The molecule has 6 nitrogen and oxygen atoms in total. The molecule has 79 heavy (non-hydrogen) atoms. The maximum Gasteiger partial charge on any atom is 0.142 e. The van der Waals surface area contributed by atoms with E-state index in [0.717, 1.165) is 149 Å². The fourth-order valence-corrected chi connectivity index (χ4v) is 12.4. The van der Waals surface area contributed by atoms with Gasteiger partial charge in [-0.3, -0.25) is 0 Å². The van der Waals surface area contributed by atoms with Crippen LogP contribution in [0.2, 0.25) is 0 Å². The summed E-state index contributed by atoms with van der Waals surface area (Å²) >= 11 is 0. The normalized spacial score (nSPS) is 12.6. The maximum absolute atomic E-state index is 6.87. The van der Waals surface area contributed by atoms with Gasteiger partial charge < -0.3 is 27.5 Å². The molecular formula is C73H58N2O4. The van der Waals surface area contributed by atoms with Gasteiger partial charge in [-0.25, -0.2) is 0 Å². The highest BCUT2D eigenvalue weighted by atomic mass is 16.3. The molecule has 4 aromatic heterocycles. The van der Waals surface area contributed by atoms with E-state index >= 15 is 0 Å². The van der Waals surface area contributed by atoms with Crippen molar-refractivity contribution in [1.29, 1.82) is 0 Å². The van der Waals surface area contributed by atoms with Crippen molar-refractivity contribution in [2.45, 2.75) is 73.1 Å². The van der Waals surface area contributed by atoms with Crippen LogP contribution in [0, 0.1) is 20.8 Å². The zero-order valence-electron chi connectivity index (χ0n) is 45.9. The van der Waals surface area contributed by atoms with Gasteiger partial charge in [0.05, 0.1) is 0 Å². The molecule has 0 radical (unpaired) electrons. The molecule has 15 rings (SSSR count). The Morgan fingerprint density at radius 3 is 1.06 bits per heavy atom. The number of benzene rings is 11. The van der Waals surface area contributed by atoms with E-state index in [1.54, 1.807) is 0 Å². The number of furan rings is 4. The molecule has 11 aromatic carbocycles. The number of rotatable bonds is 6. The molecule has 384 valence electrons. The highest BCUT2D eigenvalue weighted by Crippen LogP contribution is 2.47. The van der Waals surface area contributed by atoms with Gasteiger partial charge >= 0.3 is 0 Å². The van der Waals surface area contributed by atoms with Gasteiger partial charge in [0.2, 0.25) is 0 Å². The maximum atomic E-state index is 6.87. The lowest BCUT2D eigenvalue weighted by atomic mass is 9.86. The second-order valence-corrected chi connectivity index (χ2v) is 24.0. The molecule has 0 aliphatic carbocycles. The average Bonchev–Trinajstić information content (AvgIpc) is 4.42. The van der Waals surface area contributed by atoms with Crippen LogP contribution in [0.4, 0.5) is 34.1 Å². The van der Waals surface area contributed by atoms with Crippen molar-refractivity contribution in [1.82, 2.24) is 0 Å².